The number of aliphatic carboxylic acids is 4. The number of carboxylic acids is 4. The van der Waals surface area contributed by atoms with Gasteiger partial charge in [-0.3, -0.25) is 39.4 Å². The molecule has 0 radical (unpaired) electrons. The summed E-state index contributed by atoms with van der Waals surface area (Å²) in [5.74, 6) is 1.91. The van der Waals surface area contributed by atoms with E-state index in [2.05, 4.69) is 35.9 Å². The number of nitrogens with one attached hydrogen (secondary N) is 1. The Balaban J connectivity index is 1.74. The van der Waals surface area contributed by atoms with Gasteiger partial charge in [-0.15, -0.1) is 0 Å². The van der Waals surface area contributed by atoms with Gasteiger partial charge in [-0.2, -0.15) is 0 Å². The van der Waals surface area contributed by atoms with E-state index in [1.165, 1.54) is 9.80 Å². The van der Waals surface area contributed by atoms with Crippen molar-refractivity contribution in [3.8, 4) is 17.6 Å². The molecule has 0 bridgehead atoms. The van der Waals surface area contributed by atoms with Gasteiger partial charge in [0.15, 0.2) is 5.90 Å². The number of ether oxygens (including phenoxy) is 1. The van der Waals surface area contributed by atoms with Gasteiger partial charge >= 0.3 is 23.9 Å². The van der Waals surface area contributed by atoms with Gasteiger partial charge in [-0.1, -0.05) is 73.4 Å². The lowest BCUT2D eigenvalue weighted by atomic mass is 9.88. The van der Waals surface area contributed by atoms with Crippen molar-refractivity contribution in [2.75, 3.05) is 26.2 Å². The van der Waals surface area contributed by atoms with Crippen molar-refractivity contribution in [2.24, 2.45) is 0 Å². The molecule has 0 saturated carbocycles. The van der Waals surface area contributed by atoms with Crippen molar-refractivity contribution in [3.63, 3.8) is 0 Å². The fourth-order valence-corrected chi connectivity index (χ4v) is 5.85. The summed E-state index contributed by atoms with van der Waals surface area (Å²) >= 11 is 0. The van der Waals surface area contributed by atoms with Crippen molar-refractivity contribution < 1.29 is 44.3 Å². The van der Waals surface area contributed by atoms with Gasteiger partial charge in [0.05, 0.1) is 37.6 Å². The number of nitrogens with zero attached hydrogens (tertiary/aromatic N) is 3. The first kappa shape index (κ1) is 40.2. The maximum Gasteiger partial charge on any atom is 0.317 e. The number of hydrogen-bond acceptors (Lipinski definition) is 9. The number of pyridine rings is 1. The minimum absolute atomic E-state index is 0.0876. The van der Waals surface area contributed by atoms with Gasteiger partial charge in [-0.05, 0) is 70.7 Å². The quantitative estimate of drug-likeness (QED) is 0.0413. The Labute approximate surface area is 312 Å². The molecule has 54 heavy (non-hydrogen) atoms. The topological polar surface area (TPSA) is 202 Å². The van der Waals surface area contributed by atoms with Crippen LogP contribution >= 0.6 is 0 Å². The van der Waals surface area contributed by atoms with Crippen LogP contribution in [0, 0.1) is 17.3 Å². The summed E-state index contributed by atoms with van der Waals surface area (Å²) < 4.78 is 5.47. The molecule has 0 fully saturated rings. The van der Waals surface area contributed by atoms with Crippen molar-refractivity contribution >= 4 is 40.9 Å². The minimum atomic E-state index is -1.23. The smallest absolute Gasteiger partial charge is 0.317 e. The maximum absolute atomic E-state index is 11.4. The van der Waals surface area contributed by atoms with E-state index >= 15 is 0 Å². The third kappa shape index (κ3) is 12.6. The minimum Gasteiger partial charge on any atom is -0.480 e. The predicted octanol–water partition coefficient (Wildman–Crippen LogP) is 5.17. The maximum atomic E-state index is 11.4. The third-order valence-corrected chi connectivity index (χ3v) is 7.85. The molecule has 5 N–H and O–H groups in total. The van der Waals surface area contributed by atoms with Crippen LogP contribution in [0.15, 0.2) is 91.0 Å². The molecule has 0 saturated heterocycles. The number of benzene rings is 3. The second-order valence-electron chi connectivity index (χ2n) is 12.3. The molecule has 1 heterocycles. The Hall–Kier alpha value is -6.62. The number of hydrogen-bond donors (Lipinski definition) is 5. The SMILES string of the molecule is CC/C(=C(\c1ccc(C#Cc2cc(CN(CC(=O)O)CC(=O)O)nc(CN(CC(=O)O)CC(=O)O)c2)cc1)c1ccc(OC(C)=N)cc1)c1ccccc1. The predicted molar refractivity (Wildman–Crippen MR) is 201 cm³/mol. The molecule has 4 rings (SSSR count). The van der Waals surface area contributed by atoms with Gasteiger partial charge in [0.2, 0.25) is 0 Å². The highest BCUT2D eigenvalue weighted by atomic mass is 16.5. The van der Waals surface area contributed by atoms with E-state index in [0.717, 1.165) is 34.3 Å². The number of carbonyl (C=O) groups is 4. The van der Waals surface area contributed by atoms with Gasteiger partial charge in [-0.25, -0.2) is 0 Å². The lowest BCUT2D eigenvalue weighted by Crippen LogP contribution is -2.35. The molecule has 13 heteroatoms. The lowest BCUT2D eigenvalue weighted by molar-refractivity contribution is -0.144. The molecule has 1 aromatic heterocycles. The first-order chi connectivity index (χ1) is 25.8. The molecule has 4 aromatic rings. The van der Waals surface area contributed by atoms with Crippen LogP contribution in [0.25, 0.3) is 11.1 Å². The molecular weight excluding hydrogens is 692 g/mol. The van der Waals surface area contributed by atoms with Gasteiger partial charge in [0.1, 0.15) is 5.75 Å². The van der Waals surface area contributed by atoms with Crippen LogP contribution < -0.4 is 4.74 Å². The molecule has 3 aromatic carbocycles. The van der Waals surface area contributed by atoms with Gasteiger partial charge < -0.3 is 25.2 Å². The number of rotatable bonds is 17. The molecule has 0 unspecified atom stereocenters. The Kier molecular flexibility index (Phi) is 14.3. The zero-order valence-electron chi connectivity index (χ0n) is 29.8. The zero-order chi connectivity index (χ0) is 39.2. The van der Waals surface area contributed by atoms with Crippen molar-refractivity contribution in [1.82, 2.24) is 14.8 Å². The van der Waals surface area contributed by atoms with E-state index in [0.29, 0.717) is 16.9 Å². The Bertz CT molecular complexity index is 2000. The Morgan fingerprint density at radius 1 is 0.648 bits per heavy atom. The van der Waals surface area contributed by atoms with E-state index in [-0.39, 0.29) is 30.4 Å². The van der Waals surface area contributed by atoms with Crippen LogP contribution in [-0.2, 0) is 32.3 Å². The van der Waals surface area contributed by atoms with Gasteiger partial charge in [0.25, 0.3) is 0 Å². The fraction of sp³-hybridized carbons (Fsp3) is 0.220. The molecule has 0 aliphatic heterocycles. The highest BCUT2D eigenvalue weighted by Crippen LogP contribution is 2.35. The lowest BCUT2D eigenvalue weighted by Gasteiger charge is -2.20. The molecule has 0 spiro atoms. The first-order valence-electron chi connectivity index (χ1n) is 16.9. The van der Waals surface area contributed by atoms with Crippen LogP contribution in [0.3, 0.4) is 0 Å². The van der Waals surface area contributed by atoms with Crippen molar-refractivity contribution in [3.05, 3.63) is 130 Å². The average Bonchev–Trinajstić information content (AvgIpc) is 3.09. The van der Waals surface area contributed by atoms with Crippen LogP contribution in [0.5, 0.6) is 5.75 Å². The van der Waals surface area contributed by atoms with E-state index in [9.17, 15) is 39.6 Å². The highest BCUT2D eigenvalue weighted by molar-refractivity contribution is 5.98. The summed E-state index contributed by atoms with van der Waals surface area (Å²) in [4.78, 5) is 52.6. The van der Waals surface area contributed by atoms with Crippen LogP contribution in [0.1, 0.15) is 59.5 Å². The van der Waals surface area contributed by atoms with Crippen molar-refractivity contribution in [1.29, 1.82) is 5.41 Å². The standard InChI is InChI=1S/C41H40N4O9/c1-3-36(30-7-5-4-6-8-30)41(32-15-17-35(18-16-32)54-27(2)42)31-13-11-28(12-14-31)9-10-29-19-33(21-44(23-37(46)47)24-38(48)49)43-34(20-29)22-45(25-39(50)51)26-40(52)53/h4-8,11-20,42H,3,21-26H2,1-2H3,(H,46,47)(H,48,49)(H,50,51)(H,52,53)/b41-36-,42-27?. The molecule has 13 nitrogen and oxygen atoms in total. The summed E-state index contributed by atoms with van der Waals surface area (Å²) in [5.41, 5.74) is 6.77. The summed E-state index contributed by atoms with van der Waals surface area (Å²) in [5, 5.41) is 45.0. The second kappa shape index (κ2) is 19.3. The molecule has 278 valence electrons. The molecule has 0 atom stereocenters. The Morgan fingerprint density at radius 3 is 1.52 bits per heavy atom. The second-order valence-corrected chi connectivity index (χ2v) is 12.3. The largest absolute Gasteiger partial charge is 0.480 e. The number of allylic oxidation sites excluding steroid dienone is 1. The number of carboxylic acid groups (broad SMARTS) is 4. The third-order valence-electron chi connectivity index (χ3n) is 7.85. The normalized spacial score (nSPS) is 11.3. The highest BCUT2D eigenvalue weighted by Gasteiger charge is 2.19. The molecule has 0 aliphatic carbocycles. The van der Waals surface area contributed by atoms with Crippen molar-refractivity contribution in [2.45, 2.75) is 33.4 Å². The molecule has 0 amide bonds. The Morgan fingerprint density at radius 2 is 1.09 bits per heavy atom. The van der Waals surface area contributed by atoms with E-state index in [1.54, 1.807) is 19.1 Å². The van der Waals surface area contributed by atoms with Crippen LogP contribution in [0.2, 0.25) is 0 Å². The van der Waals surface area contributed by atoms with E-state index in [1.807, 2.05) is 66.7 Å². The zero-order valence-corrected chi connectivity index (χ0v) is 29.8. The van der Waals surface area contributed by atoms with E-state index in [4.69, 9.17) is 10.1 Å². The van der Waals surface area contributed by atoms with E-state index < -0.39 is 50.1 Å². The summed E-state index contributed by atoms with van der Waals surface area (Å²) in [6, 6.07) is 28.5. The first-order valence-corrected chi connectivity index (χ1v) is 16.9. The summed E-state index contributed by atoms with van der Waals surface area (Å²) in [7, 11) is 0. The summed E-state index contributed by atoms with van der Waals surface area (Å²) in [6.07, 6.45) is 0.748. The summed E-state index contributed by atoms with van der Waals surface area (Å²) in [6.45, 7) is 1.04. The number of aromatic nitrogens is 1. The molecule has 0 aliphatic rings. The molecular formula is C41H40N4O9. The monoisotopic (exact) mass is 732 g/mol. The van der Waals surface area contributed by atoms with Crippen LogP contribution in [-0.4, -0.2) is 91.2 Å². The fourth-order valence-electron chi connectivity index (χ4n) is 5.85. The van der Waals surface area contributed by atoms with Gasteiger partial charge in [0, 0.05) is 31.1 Å². The average molecular weight is 733 g/mol. The van der Waals surface area contributed by atoms with Crippen LogP contribution in [0.4, 0.5) is 0 Å².